The average molecular weight is 392 g/mol. The van der Waals surface area contributed by atoms with Crippen LogP contribution in [-0.4, -0.2) is 54.7 Å². The lowest BCUT2D eigenvalue weighted by molar-refractivity contribution is 0.0342. The number of rotatable bonds is 7. The number of thioether (sulfide) groups is 1. The van der Waals surface area contributed by atoms with E-state index in [0.717, 1.165) is 59.8 Å². The Morgan fingerprint density at radius 2 is 2.15 bits per heavy atom. The van der Waals surface area contributed by atoms with E-state index in [4.69, 9.17) is 4.74 Å². The largest absolute Gasteiger partial charge is 0.379 e. The summed E-state index contributed by atoms with van der Waals surface area (Å²) in [5, 5.41) is 6.29. The van der Waals surface area contributed by atoms with E-state index in [1.807, 2.05) is 31.2 Å². The minimum atomic E-state index is -0.0108. The smallest absolute Gasteiger partial charge is 0.252 e. The van der Waals surface area contributed by atoms with E-state index in [0.29, 0.717) is 0 Å². The highest BCUT2D eigenvalue weighted by atomic mass is 32.2. The molecule has 2 aromatic rings. The van der Waals surface area contributed by atoms with Crippen molar-refractivity contribution in [3.05, 3.63) is 45.9 Å². The third-order valence-electron chi connectivity index (χ3n) is 4.19. The molecular weight excluding hydrogens is 366 g/mol. The van der Waals surface area contributed by atoms with E-state index in [1.54, 1.807) is 23.1 Å². The summed E-state index contributed by atoms with van der Waals surface area (Å²) in [6.07, 6.45) is 0. The molecule has 0 radical (unpaired) electrons. The highest BCUT2D eigenvalue weighted by molar-refractivity contribution is 7.98. The summed E-state index contributed by atoms with van der Waals surface area (Å²) < 4.78 is 5.38. The highest BCUT2D eigenvalue weighted by Gasteiger charge is 2.17. The van der Waals surface area contributed by atoms with Crippen molar-refractivity contribution in [3.8, 4) is 0 Å². The van der Waals surface area contributed by atoms with Gasteiger partial charge in [0.05, 0.1) is 29.5 Å². The summed E-state index contributed by atoms with van der Waals surface area (Å²) in [6, 6.07) is 7.89. The first-order valence-corrected chi connectivity index (χ1v) is 10.7. The summed E-state index contributed by atoms with van der Waals surface area (Å²) in [5.41, 5.74) is 1.80. The van der Waals surface area contributed by atoms with Gasteiger partial charge < -0.3 is 10.1 Å². The fraction of sp³-hybridized carbons (Fsp3) is 0.474. The standard InChI is InChI=1S/C19H25N3O2S2/c1-14(11-22-7-9-24-10-8-22)20-19(23)17-5-3-4-6-18(17)26-13-16-12-25-15(2)21-16/h3-6,12,14H,7-11,13H2,1-2H3,(H,20,23). The SMILES string of the molecule is Cc1nc(CSc2ccccc2C(=O)NC(C)CN2CCOCC2)cs1. The molecule has 1 aromatic heterocycles. The molecule has 7 heteroatoms. The number of hydrogen-bond acceptors (Lipinski definition) is 6. The van der Waals surface area contributed by atoms with Gasteiger partial charge in [-0.25, -0.2) is 4.98 Å². The third-order valence-corrected chi connectivity index (χ3v) is 6.12. The molecule has 1 N–H and O–H groups in total. The molecule has 1 amide bonds. The number of aromatic nitrogens is 1. The van der Waals surface area contributed by atoms with Crippen molar-refractivity contribution >= 4 is 29.0 Å². The molecule has 0 bridgehead atoms. The average Bonchev–Trinajstić information content (AvgIpc) is 3.06. The van der Waals surface area contributed by atoms with Crippen LogP contribution in [0.15, 0.2) is 34.5 Å². The predicted molar refractivity (Wildman–Crippen MR) is 107 cm³/mol. The fourth-order valence-electron chi connectivity index (χ4n) is 2.92. The van der Waals surface area contributed by atoms with E-state index in [1.165, 1.54) is 0 Å². The third kappa shape index (κ3) is 5.54. The first-order chi connectivity index (χ1) is 12.6. The summed E-state index contributed by atoms with van der Waals surface area (Å²) in [7, 11) is 0. The normalized spacial score (nSPS) is 16.4. The van der Waals surface area contributed by atoms with Gasteiger partial charge in [0, 0.05) is 41.7 Å². The number of nitrogens with one attached hydrogen (secondary N) is 1. The van der Waals surface area contributed by atoms with Crippen LogP contribution in [0.25, 0.3) is 0 Å². The topological polar surface area (TPSA) is 54.5 Å². The van der Waals surface area contributed by atoms with Crippen LogP contribution in [0.2, 0.25) is 0 Å². The van der Waals surface area contributed by atoms with Gasteiger partial charge in [0.1, 0.15) is 0 Å². The summed E-state index contributed by atoms with van der Waals surface area (Å²) >= 11 is 3.32. The number of thiazole rings is 1. The number of aryl methyl sites for hydroxylation is 1. The minimum Gasteiger partial charge on any atom is -0.379 e. The Bertz CT molecular complexity index is 729. The van der Waals surface area contributed by atoms with Crippen molar-refractivity contribution in [1.82, 2.24) is 15.2 Å². The van der Waals surface area contributed by atoms with Gasteiger partial charge in [0.25, 0.3) is 5.91 Å². The molecule has 140 valence electrons. The van der Waals surface area contributed by atoms with Gasteiger partial charge in [-0.1, -0.05) is 12.1 Å². The van der Waals surface area contributed by atoms with Crippen LogP contribution >= 0.6 is 23.1 Å². The molecule has 1 atom stereocenters. The maximum atomic E-state index is 12.8. The van der Waals surface area contributed by atoms with Gasteiger partial charge in [-0.3, -0.25) is 9.69 Å². The fourth-order valence-corrected chi connectivity index (χ4v) is 4.58. The van der Waals surface area contributed by atoms with Gasteiger partial charge in [-0.05, 0) is 26.0 Å². The molecular formula is C19H25N3O2S2. The van der Waals surface area contributed by atoms with Gasteiger partial charge in [-0.15, -0.1) is 23.1 Å². The molecule has 1 saturated heterocycles. The van der Waals surface area contributed by atoms with Gasteiger partial charge >= 0.3 is 0 Å². The minimum absolute atomic E-state index is 0.0108. The van der Waals surface area contributed by atoms with Crippen LogP contribution in [0.5, 0.6) is 0 Å². The molecule has 0 aliphatic carbocycles. The van der Waals surface area contributed by atoms with Gasteiger partial charge in [0.15, 0.2) is 0 Å². The lowest BCUT2D eigenvalue weighted by atomic mass is 10.2. The number of morpholine rings is 1. The summed E-state index contributed by atoms with van der Waals surface area (Å²) in [6.45, 7) is 8.33. The van der Waals surface area contributed by atoms with Crippen LogP contribution in [0.3, 0.4) is 0 Å². The Labute approximate surface area is 163 Å². The Morgan fingerprint density at radius 3 is 2.88 bits per heavy atom. The second kappa shape index (κ2) is 9.50. The van der Waals surface area contributed by atoms with E-state index in [-0.39, 0.29) is 11.9 Å². The molecule has 5 nitrogen and oxygen atoms in total. The van der Waals surface area contributed by atoms with Crippen LogP contribution in [-0.2, 0) is 10.5 Å². The number of carbonyl (C=O) groups is 1. The maximum absolute atomic E-state index is 12.8. The Morgan fingerprint density at radius 1 is 1.38 bits per heavy atom. The molecule has 26 heavy (non-hydrogen) atoms. The number of amides is 1. The first kappa shape index (κ1) is 19.4. The number of benzene rings is 1. The lowest BCUT2D eigenvalue weighted by Crippen LogP contribution is -2.46. The van der Waals surface area contributed by atoms with Crippen LogP contribution < -0.4 is 5.32 Å². The highest BCUT2D eigenvalue weighted by Crippen LogP contribution is 2.27. The number of nitrogens with zero attached hydrogens (tertiary/aromatic N) is 2. The number of hydrogen-bond donors (Lipinski definition) is 1. The van der Waals surface area contributed by atoms with Gasteiger partial charge in [0.2, 0.25) is 0 Å². The maximum Gasteiger partial charge on any atom is 0.252 e. The van der Waals surface area contributed by atoms with Crippen molar-refractivity contribution in [2.45, 2.75) is 30.5 Å². The van der Waals surface area contributed by atoms with Crippen molar-refractivity contribution in [2.24, 2.45) is 0 Å². The van der Waals surface area contributed by atoms with E-state index < -0.39 is 0 Å². The van der Waals surface area contributed by atoms with Crippen LogP contribution in [0, 0.1) is 6.92 Å². The number of carbonyl (C=O) groups excluding carboxylic acids is 1. The van der Waals surface area contributed by atoms with Crippen LogP contribution in [0.1, 0.15) is 28.0 Å². The van der Waals surface area contributed by atoms with E-state index in [2.05, 4.69) is 27.5 Å². The Balaban J connectivity index is 1.57. The summed E-state index contributed by atoms with van der Waals surface area (Å²) in [5.74, 6) is 0.765. The Hall–Kier alpha value is -1.41. The van der Waals surface area contributed by atoms with E-state index in [9.17, 15) is 4.79 Å². The van der Waals surface area contributed by atoms with Crippen LogP contribution in [0.4, 0.5) is 0 Å². The van der Waals surface area contributed by atoms with Crippen molar-refractivity contribution in [2.75, 3.05) is 32.8 Å². The summed E-state index contributed by atoms with van der Waals surface area (Å²) in [4.78, 5) is 20.6. The number of ether oxygens (including phenoxy) is 1. The van der Waals surface area contributed by atoms with E-state index >= 15 is 0 Å². The van der Waals surface area contributed by atoms with Crippen molar-refractivity contribution in [1.29, 1.82) is 0 Å². The second-order valence-electron chi connectivity index (χ2n) is 6.43. The molecule has 1 aromatic carbocycles. The lowest BCUT2D eigenvalue weighted by Gasteiger charge is -2.29. The zero-order valence-electron chi connectivity index (χ0n) is 15.2. The molecule has 1 unspecified atom stereocenters. The molecule has 0 spiro atoms. The zero-order chi connectivity index (χ0) is 18.4. The van der Waals surface area contributed by atoms with Crippen molar-refractivity contribution < 1.29 is 9.53 Å². The molecule has 1 aliphatic rings. The predicted octanol–water partition coefficient (Wildman–Crippen LogP) is 3.19. The zero-order valence-corrected chi connectivity index (χ0v) is 16.9. The second-order valence-corrected chi connectivity index (χ2v) is 8.51. The molecule has 1 aliphatic heterocycles. The van der Waals surface area contributed by atoms with Gasteiger partial charge in [-0.2, -0.15) is 0 Å². The first-order valence-electron chi connectivity index (χ1n) is 8.85. The molecule has 1 fully saturated rings. The quantitative estimate of drug-likeness (QED) is 0.735. The molecule has 0 saturated carbocycles. The monoisotopic (exact) mass is 391 g/mol. The Kier molecular flexibility index (Phi) is 7.07. The molecule has 3 rings (SSSR count). The molecule has 2 heterocycles. The van der Waals surface area contributed by atoms with Crippen molar-refractivity contribution in [3.63, 3.8) is 0 Å².